The monoisotopic (exact) mass is 395 g/mol. The number of ether oxygens (including phenoxy) is 2. The number of aryl methyl sites for hydroxylation is 1. The van der Waals surface area contributed by atoms with E-state index in [0.717, 1.165) is 43.0 Å². The van der Waals surface area contributed by atoms with E-state index < -0.39 is 17.9 Å². The lowest BCUT2D eigenvalue weighted by atomic mass is 10.00. The van der Waals surface area contributed by atoms with Gasteiger partial charge in [-0.25, -0.2) is 14.6 Å². The highest BCUT2D eigenvalue weighted by molar-refractivity contribution is 5.93. The first-order valence-corrected chi connectivity index (χ1v) is 9.30. The molecule has 2 aromatic rings. The molecule has 8 heteroatoms. The zero-order valence-corrected chi connectivity index (χ0v) is 15.9. The van der Waals surface area contributed by atoms with Crippen LogP contribution in [0.25, 0.3) is 0 Å². The summed E-state index contributed by atoms with van der Waals surface area (Å²) in [6, 6.07) is 10.2. The molecule has 2 aliphatic rings. The van der Waals surface area contributed by atoms with Gasteiger partial charge in [-0.2, -0.15) is 0 Å². The summed E-state index contributed by atoms with van der Waals surface area (Å²) >= 11 is 0. The Morgan fingerprint density at radius 2 is 1.86 bits per heavy atom. The van der Waals surface area contributed by atoms with Gasteiger partial charge in [-0.15, -0.1) is 0 Å². The van der Waals surface area contributed by atoms with Crippen LogP contribution in [-0.2, 0) is 32.0 Å². The summed E-state index contributed by atoms with van der Waals surface area (Å²) < 4.78 is 9.63. The number of aromatic nitrogens is 1. The van der Waals surface area contributed by atoms with Gasteiger partial charge in [-0.05, 0) is 30.0 Å². The Labute approximate surface area is 167 Å². The van der Waals surface area contributed by atoms with E-state index in [2.05, 4.69) is 27.3 Å². The van der Waals surface area contributed by atoms with Gasteiger partial charge in [0.1, 0.15) is 12.4 Å². The maximum Gasteiger partial charge on any atom is 0.392 e. The van der Waals surface area contributed by atoms with Crippen molar-refractivity contribution in [2.45, 2.75) is 25.9 Å². The summed E-state index contributed by atoms with van der Waals surface area (Å²) in [6.07, 6.45) is 4.48. The zero-order chi connectivity index (χ0) is 20.4. The Morgan fingerprint density at radius 1 is 1.17 bits per heavy atom. The average Bonchev–Trinajstić information content (AvgIpc) is 2.84. The number of nitrogens with one attached hydrogen (secondary N) is 1. The van der Waals surface area contributed by atoms with Crippen molar-refractivity contribution >= 4 is 23.4 Å². The van der Waals surface area contributed by atoms with Crippen LogP contribution in [0.4, 0.5) is 11.5 Å². The first kappa shape index (κ1) is 18.9. The van der Waals surface area contributed by atoms with Crippen molar-refractivity contribution in [1.29, 1.82) is 0 Å². The maximum atomic E-state index is 11.5. The van der Waals surface area contributed by atoms with Gasteiger partial charge in [0.05, 0.1) is 0 Å². The Morgan fingerprint density at radius 3 is 2.59 bits per heavy atom. The highest BCUT2D eigenvalue weighted by atomic mass is 16.8. The van der Waals surface area contributed by atoms with E-state index in [1.165, 1.54) is 11.1 Å². The second kappa shape index (κ2) is 7.56. The fourth-order valence-corrected chi connectivity index (χ4v) is 3.39. The lowest BCUT2D eigenvalue weighted by molar-refractivity contribution is -0.310. The molecule has 1 aromatic carbocycles. The Kier molecular flexibility index (Phi) is 4.94. The standard InChI is InChI=1S/C21H21N3O5/c1-14-11-22-18(24-9-8-15-4-2-3-5-16(15)12-24)10-17(14)23-13-21(27)28-19(25)6-7-20(26)29-21/h2-7,10-11,27H,8-9,12-13H2,1H3,(H,22,23). The van der Waals surface area contributed by atoms with Crippen LogP contribution < -0.4 is 10.2 Å². The number of esters is 2. The summed E-state index contributed by atoms with van der Waals surface area (Å²) in [6.45, 7) is 3.15. The van der Waals surface area contributed by atoms with Crippen molar-refractivity contribution < 1.29 is 24.2 Å². The van der Waals surface area contributed by atoms with Crippen molar-refractivity contribution in [3.63, 3.8) is 0 Å². The van der Waals surface area contributed by atoms with Crippen molar-refractivity contribution in [3.05, 3.63) is 65.4 Å². The molecular weight excluding hydrogens is 374 g/mol. The van der Waals surface area contributed by atoms with E-state index in [1.807, 2.05) is 25.1 Å². The number of aliphatic hydroxyl groups is 1. The van der Waals surface area contributed by atoms with Crippen LogP contribution in [0.1, 0.15) is 16.7 Å². The molecule has 0 atom stereocenters. The van der Waals surface area contributed by atoms with Crippen molar-refractivity contribution in [1.82, 2.24) is 4.98 Å². The maximum absolute atomic E-state index is 11.5. The number of hydrogen-bond acceptors (Lipinski definition) is 8. The molecule has 0 fully saturated rings. The molecular formula is C21H21N3O5. The second-order valence-corrected chi connectivity index (χ2v) is 7.04. The lowest BCUT2D eigenvalue weighted by Crippen LogP contribution is -2.44. The van der Waals surface area contributed by atoms with Gasteiger partial charge in [0, 0.05) is 43.2 Å². The van der Waals surface area contributed by atoms with Gasteiger partial charge in [0.2, 0.25) is 0 Å². The van der Waals surface area contributed by atoms with Gasteiger partial charge in [0.15, 0.2) is 0 Å². The van der Waals surface area contributed by atoms with Gasteiger partial charge >= 0.3 is 17.9 Å². The lowest BCUT2D eigenvalue weighted by Gasteiger charge is -2.30. The van der Waals surface area contributed by atoms with Crippen LogP contribution in [0, 0.1) is 6.92 Å². The molecule has 0 unspecified atom stereocenters. The third kappa shape index (κ3) is 4.22. The number of nitrogens with zero attached hydrogens (tertiary/aromatic N) is 2. The van der Waals surface area contributed by atoms with Gasteiger partial charge < -0.3 is 24.8 Å². The Balaban J connectivity index is 1.49. The predicted molar refractivity (Wildman–Crippen MR) is 105 cm³/mol. The Hall–Kier alpha value is -3.39. The van der Waals surface area contributed by atoms with Crippen molar-refractivity contribution in [2.24, 2.45) is 0 Å². The molecule has 0 saturated carbocycles. The smallest absolute Gasteiger partial charge is 0.392 e. The SMILES string of the molecule is Cc1cnc(N2CCc3ccccc3C2)cc1NCC1(O)OC(=O)C=CC(=O)O1. The molecule has 2 N–H and O–H groups in total. The fraction of sp³-hybridized carbons (Fsp3) is 0.286. The third-order valence-corrected chi connectivity index (χ3v) is 4.92. The Bertz CT molecular complexity index is 968. The number of carbonyl (C=O) groups excluding carboxylic acids is 2. The molecule has 29 heavy (non-hydrogen) atoms. The van der Waals surface area contributed by atoms with E-state index in [-0.39, 0.29) is 6.54 Å². The number of benzene rings is 1. The van der Waals surface area contributed by atoms with Crippen molar-refractivity contribution in [3.8, 4) is 0 Å². The summed E-state index contributed by atoms with van der Waals surface area (Å²) in [5, 5.41) is 13.3. The molecule has 8 nitrogen and oxygen atoms in total. The first-order valence-electron chi connectivity index (χ1n) is 9.30. The van der Waals surface area contributed by atoms with Crippen LogP contribution in [0.5, 0.6) is 0 Å². The van der Waals surface area contributed by atoms with Gasteiger partial charge in [0.25, 0.3) is 0 Å². The zero-order valence-electron chi connectivity index (χ0n) is 15.9. The summed E-state index contributed by atoms with van der Waals surface area (Å²) in [5.41, 5.74) is 4.14. The van der Waals surface area contributed by atoms with Crippen LogP contribution >= 0.6 is 0 Å². The van der Waals surface area contributed by atoms with Gasteiger partial charge in [-0.3, -0.25) is 0 Å². The minimum atomic E-state index is -2.39. The third-order valence-electron chi connectivity index (χ3n) is 4.92. The largest absolute Gasteiger partial charge is 0.393 e. The predicted octanol–water partition coefficient (Wildman–Crippen LogP) is 1.67. The molecule has 150 valence electrons. The molecule has 0 radical (unpaired) electrons. The van der Waals surface area contributed by atoms with E-state index in [9.17, 15) is 14.7 Å². The average molecular weight is 395 g/mol. The van der Waals surface area contributed by atoms with E-state index >= 15 is 0 Å². The molecule has 0 aliphatic carbocycles. The first-order chi connectivity index (χ1) is 13.9. The number of carbonyl (C=O) groups is 2. The molecule has 1 aromatic heterocycles. The number of rotatable bonds is 4. The summed E-state index contributed by atoms with van der Waals surface area (Å²) in [4.78, 5) is 29.8. The molecule has 3 heterocycles. The molecule has 4 rings (SSSR count). The van der Waals surface area contributed by atoms with E-state index in [4.69, 9.17) is 9.47 Å². The minimum Gasteiger partial charge on any atom is -0.393 e. The second-order valence-electron chi connectivity index (χ2n) is 7.04. The minimum absolute atomic E-state index is 0.320. The van der Waals surface area contributed by atoms with Crippen LogP contribution in [0.3, 0.4) is 0 Å². The highest BCUT2D eigenvalue weighted by Gasteiger charge is 2.37. The molecule has 2 aliphatic heterocycles. The number of pyridine rings is 1. The highest BCUT2D eigenvalue weighted by Crippen LogP contribution is 2.27. The van der Waals surface area contributed by atoms with Crippen LogP contribution in [-0.4, -0.2) is 41.1 Å². The molecule has 0 bridgehead atoms. The van der Waals surface area contributed by atoms with Gasteiger partial charge in [-0.1, -0.05) is 24.3 Å². The quantitative estimate of drug-likeness (QED) is 0.754. The molecule has 0 spiro atoms. The van der Waals surface area contributed by atoms with E-state index in [1.54, 1.807) is 6.20 Å². The van der Waals surface area contributed by atoms with Crippen LogP contribution in [0.2, 0.25) is 0 Å². The summed E-state index contributed by atoms with van der Waals surface area (Å²) in [5.74, 6) is -3.33. The topological polar surface area (TPSA) is 101 Å². The summed E-state index contributed by atoms with van der Waals surface area (Å²) in [7, 11) is 0. The number of fused-ring (bicyclic) bond motifs is 1. The van der Waals surface area contributed by atoms with E-state index in [0.29, 0.717) is 5.69 Å². The molecule has 0 amide bonds. The number of cyclic esters (lactones) is 2. The van der Waals surface area contributed by atoms with Crippen molar-refractivity contribution in [2.75, 3.05) is 23.3 Å². The normalized spacial score (nSPS) is 17.8. The van der Waals surface area contributed by atoms with Crippen LogP contribution in [0.15, 0.2) is 48.7 Å². The number of anilines is 2. The number of hydrogen-bond donors (Lipinski definition) is 2. The fourth-order valence-electron chi connectivity index (χ4n) is 3.39. The molecule has 0 saturated heterocycles.